The Kier molecular flexibility index (Phi) is 6.69. The Morgan fingerprint density at radius 2 is 1.80 bits per heavy atom. The molecule has 0 fully saturated rings. The highest BCUT2D eigenvalue weighted by atomic mass is 16.6. The highest BCUT2D eigenvalue weighted by Crippen LogP contribution is 2.29. The number of esters is 1. The van der Waals surface area contributed by atoms with Crippen molar-refractivity contribution in [2.24, 2.45) is 0 Å². The highest BCUT2D eigenvalue weighted by molar-refractivity contribution is 6.04. The van der Waals surface area contributed by atoms with Gasteiger partial charge in [-0.05, 0) is 30.2 Å². The molecule has 3 rings (SSSR count). The lowest BCUT2D eigenvalue weighted by molar-refractivity contribution is -0.142. The molecule has 0 saturated carbocycles. The van der Waals surface area contributed by atoms with E-state index < -0.39 is 11.9 Å². The number of aryl methyl sites for hydroxylation is 1. The van der Waals surface area contributed by atoms with E-state index in [0.29, 0.717) is 22.8 Å². The first-order valence-electron chi connectivity index (χ1n) is 9.29. The fourth-order valence-corrected chi connectivity index (χ4v) is 2.69. The minimum absolute atomic E-state index is 0.222. The summed E-state index contributed by atoms with van der Waals surface area (Å²) in [6.07, 6.45) is 0.955. The van der Waals surface area contributed by atoms with Crippen LogP contribution < -0.4 is 14.8 Å². The molecule has 1 amide bonds. The summed E-state index contributed by atoms with van der Waals surface area (Å²) in [6, 6.07) is 14.2. The fraction of sp³-hybridized carbons (Fsp3) is 0.227. The monoisotopic (exact) mass is 410 g/mol. The van der Waals surface area contributed by atoms with Crippen molar-refractivity contribution in [3.05, 3.63) is 59.7 Å². The average molecular weight is 410 g/mol. The van der Waals surface area contributed by atoms with Crippen LogP contribution in [0.25, 0.3) is 11.3 Å². The fourth-order valence-electron chi connectivity index (χ4n) is 2.69. The van der Waals surface area contributed by atoms with Crippen LogP contribution in [-0.4, -0.2) is 37.9 Å². The largest absolute Gasteiger partial charge is 0.493 e. The number of carbonyl (C=O) groups is 2. The normalized spacial score (nSPS) is 10.4. The average Bonchev–Trinajstić information content (AvgIpc) is 3.25. The van der Waals surface area contributed by atoms with Crippen LogP contribution >= 0.6 is 0 Å². The SMILES string of the molecule is CCc1ccc(-c2cc(NC(=O)c3ccc(OCC(=O)OC)c(OC)c3)on2)cc1. The lowest BCUT2D eigenvalue weighted by Gasteiger charge is -2.11. The second-order valence-electron chi connectivity index (χ2n) is 6.31. The van der Waals surface area contributed by atoms with Crippen LogP contribution in [0.4, 0.5) is 5.88 Å². The molecule has 1 N–H and O–H groups in total. The van der Waals surface area contributed by atoms with Crippen LogP contribution in [-0.2, 0) is 16.0 Å². The van der Waals surface area contributed by atoms with E-state index in [1.165, 1.54) is 31.9 Å². The lowest BCUT2D eigenvalue weighted by Crippen LogP contribution is -2.14. The number of ether oxygens (including phenoxy) is 3. The summed E-state index contributed by atoms with van der Waals surface area (Å²) in [5.74, 6) is -0.0847. The van der Waals surface area contributed by atoms with Gasteiger partial charge in [0.05, 0.1) is 14.2 Å². The lowest BCUT2D eigenvalue weighted by atomic mass is 10.1. The molecule has 156 valence electrons. The molecule has 2 aromatic carbocycles. The van der Waals surface area contributed by atoms with Crippen molar-refractivity contribution in [2.75, 3.05) is 26.1 Å². The van der Waals surface area contributed by atoms with Gasteiger partial charge >= 0.3 is 5.97 Å². The van der Waals surface area contributed by atoms with E-state index in [1.54, 1.807) is 12.1 Å². The number of nitrogens with zero attached hydrogens (tertiary/aromatic N) is 1. The Morgan fingerprint density at radius 1 is 1.03 bits per heavy atom. The quantitative estimate of drug-likeness (QED) is 0.565. The van der Waals surface area contributed by atoms with Gasteiger partial charge in [-0.2, -0.15) is 0 Å². The number of hydrogen-bond donors (Lipinski definition) is 1. The summed E-state index contributed by atoms with van der Waals surface area (Å²) >= 11 is 0. The summed E-state index contributed by atoms with van der Waals surface area (Å²) in [5.41, 5.74) is 3.06. The zero-order chi connectivity index (χ0) is 21.5. The Labute approximate surface area is 173 Å². The molecular weight excluding hydrogens is 388 g/mol. The first-order chi connectivity index (χ1) is 14.5. The van der Waals surface area contributed by atoms with Crippen LogP contribution in [0.2, 0.25) is 0 Å². The maximum Gasteiger partial charge on any atom is 0.343 e. The second-order valence-corrected chi connectivity index (χ2v) is 6.31. The van der Waals surface area contributed by atoms with Crippen molar-refractivity contribution < 1.29 is 28.3 Å². The Bertz CT molecular complexity index is 1030. The van der Waals surface area contributed by atoms with Gasteiger partial charge in [0.25, 0.3) is 5.91 Å². The molecule has 3 aromatic rings. The van der Waals surface area contributed by atoms with E-state index in [-0.39, 0.29) is 12.5 Å². The van der Waals surface area contributed by atoms with E-state index in [1.807, 2.05) is 24.3 Å². The summed E-state index contributed by atoms with van der Waals surface area (Å²) in [5, 5.41) is 6.67. The topological polar surface area (TPSA) is 99.9 Å². The molecule has 8 heteroatoms. The van der Waals surface area contributed by atoms with Gasteiger partial charge in [0.2, 0.25) is 5.88 Å². The molecule has 0 atom stereocenters. The molecule has 0 aliphatic rings. The van der Waals surface area contributed by atoms with Crippen LogP contribution in [0.5, 0.6) is 11.5 Å². The molecule has 0 bridgehead atoms. The van der Waals surface area contributed by atoms with Crippen molar-refractivity contribution in [3.8, 4) is 22.8 Å². The van der Waals surface area contributed by atoms with Crippen LogP contribution in [0, 0.1) is 0 Å². The number of anilines is 1. The number of aromatic nitrogens is 1. The first-order valence-corrected chi connectivity index (χ1v) is 9.29. The molecule has 1 heterocycles. The van der Waals surface area contributed by atoms with E-state index in [0.717, 1.165) is 12.0 Å². The third-order valence-corrected chi connectivity index (χ3v) is 4.40. The predicted octanol–water partition coefficient (Wildman–Crippen LogP) is 3.72. The van der Waals surface area contributed by atoms with E-state index in [9.17, 15) is 9.59 Å². The van der Waals surface area contributed by atoms with Crippen molar-refractivity contribution in [3.63, 3.8) is 0 Å². The van der Waals surface area contributed by atoms with Gasteiger partial charge in [0.15, 0.2) is 18.1 Å². The molecule has 0 aliphatic heterocycles. The molecular formula is C22H22N2O6. The summed E-state index contributed by atoms with van der Waals surface area (Å²) in [7, 11) is 2.71. The van der Waals surface area contributed by atoms with Crippen LogP contribution in [0.1, 0.15) is 22.8 Å². The van der Waals surface area contributed by atoms with Gasteiger partial charge in [0, 0.05) is 17.2 Å². The number of nitrogens with one attached hydrogen (secondary N) is 1. The molecule has 0 spiro atoms. The number of amides is 1. The predicted molar refractivity (Wildman–Crippen MR) is 110 cm³/mol. The summed E-state index contributed by atoms with van der Waals surface area (Å²) < 4.78 is 20.4. The van der Waals surface area contributed by atoms with Gasteiger partial charge in [-0.25, -0.2) is 4.79 Å². The molecule has 0 radical (unpaired) electrons. The van der Waals surface area contributed by atoms with Crippen molar-refractivity contribution >= 4 is 17.8 Å². The molecule has 0 unspecified atom stereocenters. The molecule has 1 aromatic heterocycles. The third-order valence-electron chi connectivity index (χ3n) is 4.40. The molecule has 0 aliphatic carbocycles. The van der Waals surface area contributed by atoms with Gasteiger partial charge in [-0.3, -0.25) is 10.1 Å². The minimum Gasteiger partial charge on any atom is -0.493 e. The number of rotatable bonds is 8. The Morgan fingerprint density at radius 3 is 2.47 bits per heavy atom. The van der Waals surface area contributed by atoms with Gasteiger partial charge in [-0.15, -0.1) is 0 Å². The van der Waals surface area contributed by atoms with E-state index in [4.69, 9.17) is 14.0 Å². The smallest absolute Gasteiger partial charge is 0.343 e. The summed E-state index contributed by atoms with van der Waals surface area (Å²) in [6.45, 7) is 1.82. The zero-order valence-electron chi connectivity index (χ0n) is 16.9. The number of methoxy groups -OCH3 is 2. The summed E-state index contributed by atoms with van der Waals surface area (Å²) in [4.78, 5) is 23.8. The van der Waals surface area contributed by atoms with Crippen molar-refractivity contribution in [2.45, 2.75) is 13.3 Å². The molecule has 30 heavy (non-hydrogen) atoms. The Balaban J connectivity index is 1.69. The highest BCUT2D eigenvalue weighted by Gasteiger charge is 2.15. The maximum absolute atomic E-state index is 12.6. The van der Waals surface area contributed by atoms with Gasteiger partial charge in [0.1, 0.15) is 5.69 Å². The second kappa shape index (κ2) is 9.60. The Hall–Kier alpha value is -3.81. The number of benzene rings is 2. The van der Waals surface area contributed by atoms with Crippen LogP contribution in [0.15, 0.2) is 53.1 Å². The molecule has 8 nitrogen and oxygen atoms in total. The number of hydrogen-bond acceptors (Lipinski definition) is 7. The zero-order valence-corrected chi connectivity index (χ0v) is 16.9. The minimum atomic E-state index is -0.524. The maximum atomic E-state index is 12.6. The number of carbonyl (C=O) groups excluding carboxylic acids is 2. The van der Waals surface area contributed by atoms with Crippen LogP contribution in [0.3, 0.4) is 0 Å². The molecule has 0 saturated heterocycles. The van der Waals surface area contributed by atoms with Crippen molar-refractivity contribution in [1.82, 2.24) is 5.16 Å². The van der Waals surface area contributed by atoms with E-state index >= 15 is 0 Å². The standard InChI is InChI=1S/C22H22N2O6/c1-4-14-5-7-15(8-6-14)17-12-20(30-24-17)23-22(26)16-9-10-18(19(11-16)27-2)29-13-21(25)28-3/h5-12H,4,13H2,1-3H3,(H,23,26). The van der Waals surface area contributed by atoms with Gasteiger partial charge < -0.3 is 18.7 Å². The van der Waals surface area contributed by atoms with Gasteiger partial charge in [-0.1, -0.05) is 36.3 Å². The first kappa shape index (κ1) is 20.9. The third kappa shape index (κ3) is 4.96. The van der Waals surface area contributed by atoms with Crippen molar-refractivity contribution in [1.29, 1.82) is 0 Å². The van der Waals surface area contributed by atoms with E-state index in [2.05, 4.69) is 22.1 Å².